The average molecular weight is 330 g/mol. The van der Waals surface area contributed by atoms with E-state index in [2.05, 4.69) is 5.32 Å². The van der Waals surface area contributed by atoms with E-state index in [1.165, 1.54) is 4.90 Å². The number of hydrogen-bond donors (Lipinski definition) is 1. The molecule has 2 heterocycles. The SMILES string of the molecule is CC(C)(C)OCCN1C(=O)N[C@@](C)(c2cc3ccccc3o2)C1=O. The van der Waals surface area contributed by atoms with Gasteiger partial charge in [-0.25, -0.2) is 4.79 Å². The van der Waals surface area contributed by atoms with Gasteiger partial charge in [0, 0.05) is 5.39 Å². The highest BCUT2D eigenvalue weighted by atomic mass is 16.5. The first kappa shape index (κ1) is 16.5. The summed E-state index contributed by atoms with van der Waals surface area (Å²) in [4.78, 5) is 26.2. The van der Waals surface area contributed by atoms with Crippen LogP contribution in [0.25, 0.3) is 11.0 Å². The molecule has 1 aliphatic heterocycles. The zero-order valence-corrected chi connectivity index (χ0v) is 14.4. The van der Waals surface area contributed by atoms with E-state index in [9.17, 15) is 9.59 Å². The number of ether oxygens (including phenoxy) is 1. The molecule has 128 valence electrons. The van der Waals surface area contributed by atoms with E-state index in [-0.39, 0.29) is 18.1 Å². The predicted octanol–water partition coefficient (Wildman–Crippen LogP) is 3.01. The van der Waals surface area contributed by atoms with E-state index < -0.39 is 11.6 Å². The van der Waals surface area contributed by atoms with Crippen LogP contribution in [0.4, 0.5) is 4.79 Å². The number of nitrogens with one attached hydrogen (secondary N) is 1. The van der Waals surface area contributed by atoms with Gasteiger partial charge in [0.2, 0.25) is 0 Å². The van der Waals surface area contributed by atoms with Gasteiger partial charge < -0.3 is 14.5 Å². The summed E-state index contributed by atoms with van der Waals surface area (Å²) < 4.78 is 11.4. The van der Waals surface area contributed by atoms with Crippen LogP contribution in [0.2, 0.25) is 0 Å². The monoisotopic (exact) mass is 330 g/mol. The first-order valence-corrected chi connectivity index (χ1v) is 7.98. The van der Waals surface area contributed by atoms with Crippen LogP contribution in [0.5, 0.6) is 0 Å². The highest BCUT2D eigenvalue weighted by molar-refractivity contribution is 6.07. The number of para-hydroxylation sites is 1. The van der Waals surface area contributed by atoms with Gasteiger partial charge in [-0.3, -0.25) is 9.69 Å². The largest absolute Gasteiger partial charge is 0.458 e. The van der Waals surface area contributed by atoms with E-state index in [0.717, 1.165) is 5.39 Å². The van der Waals surface area contributed by atoms with Crippen LogP contribution in [0.15, 0.2) is 34.7 Å². The van der Waals surface area contributed by atoms with Crippen molar-refractivity contribution in [2.75, 3.05) is 13.2 Å². The van der Waals surface area contributed by atoms with Crippen molar-refractivity contribution in [1.82, 2.24) is 10.2 Å². The van der Waals surface area contributed by atoms with E-state index >= 15 is 0 Å². The van der Waals surface area contributed by atoms with E-state index in [1.54, 1.807) is 13.0 Å². The van der Waals surface area contributed by atoms with Crippen LogP contribution >= 0.6 is 0 Å². The number of hydrogen-bond acceptors (Lipinski definition) is 4. The summed E-state index contributed by atoms with van der Waals surface area (Å²) in [5.74, 6) is 0.102. The maximum Gasteiger partial charge on any atom is 0.325 e. The lowest BCUT2D eigenvalue weighted by Gasteiger charge is -2.22. The maximum atomic E-state index is 12.8. The second-order valence-electron chi connectivity index (χ2n) is 7.12. The molecular formula is C18H22N2O4. The molecule has 3 amide bonds. The fourth-order valence-electron chi connectivity index (χ4n) is 2.74. The maximum absolute atomic E-state index is 12.8. The van der Waals surface area contributed by atoms with Crippen LogP contribution in [-0.2, 0) is 15.1 Å². The zero-order chi connectivity index (χ0) is 17.5. The standard InChI is InChI=1S/C18H22N2O4/c1-17(2,3)23-10-9-20-15(21)18(4,19-16(20)22)14-11-12-7-5-6-8-13(12)24-14/h5-8,11H,9-10H2,1-4H3,(H,19,22)/t18-/m0/s1. The van der Waals surface area contributed by atoms with Crippen molar-refractivity contribution in [2.24, 2.45) is 0 Å². The molecule has 1 aromatic carbocycles. The Balaban J connectivity index is 1.81. The van der Waals surface area contributed by atoms with E-state index in [1.807, 2.05) is 45.0 Å². The van der Waals surface area contributed by atoms with Gasteiger partial charge in [-0.15, -0.1) is 0 Å². The van der Waals surface area contributed by atoms with Crippen molar-refractivity contribution in [3.05, 3.63) is 36.1 Å². The molecule has 0 bridgehead atoms. The molecule has 3 rings (SSSR count). The van der Waals surface area contributed by atoms with Gasteiger partial charge in [0.15, 0.2) is 5.54 Å². The fraction of sp³-hybridized carbons (Fsp3) is 0.444. The highest BCUT2D eigenvalue weighted by Crippen LogP contribution is 2.32. The second kappa shape index (κ2) is 5.63. The molecule has 0 saturated carbocycles. The van der Waals surface area contributed by atoms with Crippen LogP contribution in [-0.4, -0.2) is 35.6 Å². The quantitative estimate of drug-likeness (QED) is 0.875. The Morgan fingerprint density at radius 2 is 1.96 bits per heavy atom. The van der Waals surface area contributed by atoms with Crippen molar-refractivity contribution in [1.29, 1.82) is 0 Å². The number of fused-ring (bicyclic) bond motifs is 1. The minimum atomic E-state index is -1.20. The third-order valence-electron chi connectivity index (χ3n) is 4.04. The Morgan fingerprint density at radius 1 is 1.25 bits per heavy atom. The zero-order valence-electron chi connectivity index (χ0n) is 14.4. The normalized spacial score (nSPS) is 21.6. The molecule has 1 aliphatic rings. The molecule has 0 radical (unpaired) electrons. The molecule has 24 heavy (non-hydrogen) atoms. The number of nitrogens with zero attached hydrogens (tertiary/aromatic N) is 1. The number of furan rings is 1. The van der Waals surface area contributed by atoms with E-state index in [0.29, 0.717) is 18.0 Å². The first-order valence-electron chi connectivity index (χ1n) is 7.98. The molecule has 1 atom stereocenters. The lowest BCUT2D eigenvalue weighted by atomic mass is 9.99. The minimum Gasteiger partial charge on any atom is -0.458 e. The number of imide groups is 1. The number of rotatable bonds is 4. The van der Waals surface area contributed by atoms with Crippen LogP contribution < -0.4 is 5.32 Å². The molecule has 1 aromatic heterocycles. The number of carbonyl (C=O) groups is 2. The van der Waals surface area contributed by atoms with Gasteiger partial charge in [0.25, 0.3) is 5.91 Å². The smallest absolute Gasteiger partial charge is 0.325 e. The van der Waals surface area contributed by atoms with E-state index in [4.69, 9.17) is 9.15 Å². The summed E-state index contributed by atoms with van der Waals surface area (Å²) in [6, 6.07) is 8.86. The van der Waals surface area contributed by atoms with Gasteiger partial charge in [-0.2, -0.15) is 0 Å². The topological polar surface area (TPSA) is 71.8 Å². The summed E-state index contributed by atoms with van der Waals surface area (Å²) in [5.41, 5.74) is -0.829. The minimum absolute atomic E-state index is 0.206. The lowest BCUT2D eigenvalue weighted by molar-refractivity contribution is -0.132. The van der Waals surface area contributed by atoms with Gasteiger partial charge in [-0.1, -0.05) is 18.2 Å². The third-order valence-corrected chi connectivity index (χ3v) is 4.04. The fourth-order valence-corrected chi connectivity index (χ4v) is 2.74. The summed E-state index contributed by atoms with van der Waals surface area (Å²) in [5, 5.41) is 3.64. The Hall–Kier alpha value is -2.34. The number of carbonyl (C=O) groups excluding carboxylic acids is 2. The van der Waals surface area contributed by atoms with Crippen LogP contribution in [0.1, 0.15) is 33.5 Å². The number of urea groups is 1. The molecule has 1 saturated heterocycles. The summed E-state index contributed by atoms with van der Waals surface area (Å²) in [6.45, 7) is 7.94. The number of benzene rings is 1. The molecule has 6 nitrogen and oxygen atoms in total. The Morgan fingerprint density at radius 3 is 2.62 bits per heavy atom. The molecular weight excluding hydrogens is 308 g/mol. The third kappa shape index (κ3) is 2.89. The van der Waals surface area contributed by atoms with Gasteiger partial charge in [0.1, 0.15) is 11.3 Å². The van der Waals surface area contributed by atoms with Crippen LogP contribution in [0.3, 0.4) is 0 Å². The summed E-state index contributed by atoms with van der Waals surface area (Å²) in [7, 11) is 0. The van der Waals surface area contributed by atoms with Gasteiger partial charge in [-0.05, 0) is 39.8 Å². The van der Waals surface area contributed by atoms with Crippen molar-refractivity contribution < 1.29 is 18.7 Å². The number of amides is 3. The predicted molar refractivity (Wildman–Crippen MR) is 89.5 cm³/mol. The highest BCUT2D eigenvalue weighted by Gasteiger charge is 2.51. The van der Waals surface area contributed by atoms with Crippen LogP contribution in [0, 0.1) is 0 Å². The second-order valence-corrected chi connectivity index (χ2v) is 7.12. The molecule has 6 heteroatoms. The Labute approximate surface area is 140 Å². The van der Waals surface area contributed by atoms with Crippen molar-refractivity contribution in [3.8, 4) is 0 Å². The summed E-state index contributed by atoms with van der Waals surface area (Å²) >= 11 is 0. The molecule has 0 spiro atoms. The first-order chi connectivity index (χ1) is 11.2. The molecule has 1 N–H and O–H groups in total. The molecule has 1 fully saturated rings. The van der Waals surface area contributed by atoms with Crippen molar-refractivity contribution in [3.63, 3.8) is 0 Å². The molecule has 2 aromatic rings. The Kier molecular flexibility index (Phi) is 3.87. The van der Waals surface area contributed by atoms with Crippen molar-refractivity contribution in [2.45, 2.75) is 38.8 Å². The molecule has 0 unspecified atom stereocenters. The lowest BCUT2D eigenvalue weighted by Crippen LogP contribution is -2.41. The Bertz CT molecular complexity index is 757. The van der Waals surface area contributed by atoms with Gasteiger partial charge >= 0.3 is 6.03 Å². The van der Waals surface area contributed by atoms with Crippen molar-refractivity contribution >= 4 is 22.9 Å². The molecule has 0 aliphatic carbocycles. The average Bonchev–Trinajstić information content (AvgIpc) is 3.02. The summed E-state index contributed by atoms with van der Waals surface area (Å²) in [6.07, 6.45) is 0. The van der Waals surface area contributed by atoms with Gasteiger partial charge in [0.05, 0.1) is 18.8 Å².